The van der Waals surface area contributed by atoms with Crippen molar-refractivity contribution in [1.29, 1.82) is 0 Å². The third kappa shape index (κ3) is 10.7. The molecule has 104 heavy (non-hydrogen) atoms. The molecule has 3 aromatic heterocycles. The summed E-state index contributed by atoms with van der Waals surface area (Å²) in [5.74, 6) is -114. The summed E-state index contributed by atoms with van der Waals surface area (Å²) < 4.78 is 724. The molecule has 0 atom stereocenters. The Labute approximate surface area is 528 Å². The molecule has 7 aromatic rings. The van der Waals surface area contributed by atoms with Crippen molar-refractivity contribution in [2.75, 3.05) is 0 Å². The van der Waals surface area contributed by atoms with Crippen molar-refractivity contribution in [3.8, 4) is 45.6 Å². The molecular weight excluding hydrogens is 1600 g/mol. The first-order valence-electron chi connectivity index (χ1n) is 24.8. The van der Waals surface area contributed by atoms with Crippen LogP contribution >= 0.6 is 0 Å². The summed E-state index contributed by atoms with van der Waals surface area (Å²) in [7, 11) is 0. The lowest BCUT2D eigenvalue weighted by molar-refractivity contribution is -0.303. The highest BCUT2D eigenvalue weighted by Crippen LogP contribution is 2.63. The van der Waals surface area contributed by atoms with E-state index in [1.807, 2.05) is 0 Å². The van der Waals surface area contributed by atoms with Gasteiger partial charge in [0, 0.05) is 0 Å². The van der Waals surface area contributed by atoms with Gasteiger partial charge in [0.05, 0.1) is 88.3 Å². The average molecular weight is 1600 g/mol. The number of rotatable bonds is 8. The second kappa shape index (κ2) is 22.2. The lowest BCUT2D eigenvalue weighted by atomic mass is 9.89. The van der Waals surface area contributed by atoms with Crippen LogP contribution in [-0.4, -0.2) is 89.3 Å². The maximum Gasteiger partial charge on any atom is 0.458 e. The Morgan fingerprint density at radius 1 is 0.163 bits per heavy atom. The number of nitrogens with zero attached hydrogens (tertiary/aromatic N) is 6. The highest BCUT2D eigenvalue weighted by molar-refractivity contribution is 6.08. The number of aromatic nitrogens is 8. The topological polar surface area (TPSA) is 109 Å². The van der Waals surface area contributed by atoms with Crippen LogP contribution in [0.25, 0.3) is 89.7 Å². The molecule has 9 rings (SSSR count). The molecule has 570 valence electrons. The van der Waals surface area contributed by atoms with Gasteiger partial charge in [0.25, 0.3) is 0 Å². The second-order valence-corrected chi connectivity index (χ2v) is 20.7. The zero-order valence-electron chi connectivity index (χ0n) is 45.8. The van der Waals surface area contributed by atoms with Gasteiger partial charge in [-0.05, 0) is 0 Å². The summed E-state index contributed by atoms with van der Waals surface area (Å²) in [4.78, 5) is 15.7. The van der Waals surface area contributed by atoms with E-state index in [1.165, 1.54) is 0 Å². The first-order valence-corrected chi connectivity index (χ1v) is 24.8. The van der Waals surface area contributed by atoms with E-state index >= 15 is 105 Å². The third-order valence-corrected chi connectivity index (χ3v) is 14.5. The van der Waals surface area contributed by atoms with Crippen LogP contribution in [0.4, 0.5) is 211 Å². The maximum absolute atomic E-state index is 17.1. The zero-order chi connectivity index (χ0) is 80.1. The lowest BCUT2D eigenvalue weighted by Gasteiger charge is -2.29. The Bertz CT molecular complexity index is 4390. The Kier molecular flexibility index (Phi) is 16.9. The van der Waals surface area contributed by atoms with Crippen LogP contribution in [0, 0.1) is 46.5 Å². The predicted molar refractivity (Wildman–Crippen MR) is 235 cm³/mol. The number of alkyl halides is 40. The molecular formula is C48H2F48N8. The van der Waals surface area contributed by atoms with Crippen LogP contribution in [0.2, 0.25) is 0 Å². The summed E-state index contributed by atoms with van der Waals surface area (Å²) in [5.41, 5.74) is -66.6. The van der Waals surface area contributed by atoms with Gasteiger partial charge >= 0.3 is 96.8 Å². The summed E-state index contributed by atoms with van der Waals surface area (Å²) >= 11 is 0. The van der Waals surface area contributed by atoms with Crippen molar-refractivity contribution in [1.82, 2.24) is 39.9 Å². The summed E-state index contributed by atoms with van der Waals surface area (Å²) in [6, 6.07) is 0. The Morgan fingerprint density at radius 2 is 0.279 bits per heavy atom. The Balaban J connectivity index is 1.79. The minimum atomic E-state index is -8.06. The summed E-state index contributed by atoms with van der Waals surface area (Å²) in [6.07, 6.45) is -64.5. The monoisotopic (exact) mass is 1600 g/mol. The predicted octanol–water partition coefficient (Wildman–Crippen LogP) is 21.2. The van der Waals surface area contributed by atoms with E-state index in [2.05, 4.69) is 29.9 Å². The van der Waals surface area contributed by atoms with E-state index in [0.29, 0.717) is 9.97 Å². The molecule has 2 N–H and O–H groups in total. The Morgan fingerprint density at radius 3 is 0.394 bits per heavy atom. The number of halogens is 48. The number of aromatic amines is 2. The molecule has 0 saturated heterocycles. The molecule has 2 aliphatic rings. The van der Waals surface area contributed by atoms with Gasteiger partial charge in [0.15, 0.2) is 23.3 Å². The van der Waals surface area contributed by atoms with Crippen LogP contribution in [0.15, 0.2) is 0 Å². The minimum absolute atomic E-state index is 0.576. The van der Waals surface area contributed by atoms with Gasteiger partial charge in [-0.15, -0.1) is 0 Å². The van der Waals surface area contributed by atoms with E-state index in [0.717, 1.165) is 0 Å². The minimum Gasteiger partial charge on any atom is -0.324 e. The van der Waals surface area contributed by atoms with Crippen LogP contribution in [0.3, 0.4) is 0 Å². The number of hydrogen-bond acceptors (Lipinski definition) is 6. The third-order valence-electron chi connectivity index (χ3n) is 14.5. The van der Waals surface area contributed by atoms with E-state index in [4.69, 9.17) is 0 Å². The number of nitrogens with one attached hydrogen (secondary N) is 2. The molecule has 8 nitrogen and oxygen atoms in total. The molecule has 8 bridgehead atoms. The van der Waals surface area contributed by atoms with Gasteiger partial charge in [-0.1, -0.05) is 0 Å². The molecule has 0 saturated carbocycles. The SMILES string of the molecule is Fc1c2c(c(F)c(C(F)(F)C(F)(F)F)c1C(F)(F)C(F)(F)F)-c1nc-2nc2[nH]c(nc3nc(nc4[nH]c(n1)c1c(F)c(C(F)(F)C(F)(F)F)c(C(F)(F)C(F)(F)F)c(F)c41)-c1c(F)c(C(F)(F)C(F)(F)F)c(C(F)(F)C(F)(F)F)c(F)c1-3)c1c(F)c(C(F)(F)C(F)(F)F)c(C(F)(F)C(F)(F)F)c(F)c21. The number of H-pyrrole nitrogens is 2. The molecule has 5 heterocycles. The van der Waals surface area contributed by atoms with Crippen LogP contribution in [-0.2, 0) is 47.4 Å². The maximum atomic E-state index is 17.1. The Hall–Kier alpha value is -9.12. The second-order valence-electron chi connectivity index (χ2n) is 20.7. The highest BCUT2D eigenvalue weighted by Gasteiger charge is 2.74. The molecule has 0 unspecified atom stereocenters. The van der Waals surface area contributed by atoms with Crippen molar-refractivity contribution in [3.05, 3.63) is 91.0 Å². The van der Waals surface area contributed by atoms with Crippen molar-refractivity contribution < 1.29 is 211 Å². The fraction of sp³-hybridized carbons (Fsp3) is 0.333. The standard InChI is InChI=1S/C48H2F48N8/c49-17-1-2(18(50)10(34(59,60)42(76,77)78)9(17)33(57,58)41(73,74)75)26-97-25(1)101-27-3-4(20(52)12(36(63,64)44(82,83)84)11(19(3)51)35(61,62)43(79,80)81)29(98-27)103-31-7-8(24(56)16(40(71,72)48(94,95)96)15(23(7)55)39(69,70)47(91,92)93)32(100-31)104-30-6-5(28(99-30)102-26)21(53)13(37(65,66)45(85,86)87)14(22(6)54)38(67,68)46(88,89)90/h(H2,97,98,99,100,101,102,103,104). The molecule has 0 radical (unpaired) electrons. The molecule has 0 fully saturated rings. The molecule has 4 aromatic carbocycles. The van der Waals surface area contributed by atoms with Gasteiger partial charge in [-0.2, -0.15) is 176 Å². The molecule has 0 aliphatic carbocycles. The van der Waals surface area contributed by atoms with E-state index < -0.39 is 278 Å². The molecule has 2 aliphatic heterocycles. The van der Waals surface area contributed by atoms with Crippen molar-refractivity contribution >= 4 is 44.1 Å². The van der Waals surface area contributed by atoms with Gasteiger partial charge < -0.3 is 9.97 Å². The molecule has 56 heteroatoms. The normalized spacial score (nSPS) is 14.9. The number of benzene rings is 4. The van der Waals surface area contributed by atoms with Gasteiger partial charge in [-0.3, -0.25) is 0 Å². The highest BCUT2D eigenvalue weighted by atomic mass is 19.5. The molecule has 0 spiro atoms. The van der Waals surface area contributed by atoms with Crippen LogP contribution < -0.4 is 0 Å². The van der Waals surface area contributed by atoms with Crippen molar-refractivity contribution in [2.24, 2.45) is 0 Å². The van der Waals surface area contributed by atoms with E-state index in [-0.39, 0.29) is 0 Å². The fourth-order valence-corrected chi connectivity index (χ4v) is 9.96. The first kappa shape index (κ1) is 79.0. The van der Waals surface area contributed by atoms with Gasteiger partial charge in [0.1, 0.15) is 69.1 Å². The average Bonchev–Trinajstić information content (AvgIpc) is 1.44. The van der Waals surface area contributed by atoms with Gasteiger partial charge in [0.2, 0.25) is 0 Å². The fourth-order valence-electron chi connectivity index (χ4n) is 9.96. The van der Waals surface area contributed by atoms with E-state index in [1.54, 1.807) is 0 Å². The number of fused-ring (bicyclic) bond motifs is 20. The van der Waals surface area contributed by atoms with Crippen LogP contribution in [0.1, 0.15) is 44.5 Å². The first-order chi connectivity index (χ1) is 46.1. The summed E-state index contributed by atoms with van der Waals surface area (Å²) in [6.45, 7) is 0. The number of hydrogen-bond donors (Lipinski definition) is 2. The largest absolute Gasteiger partial charge is 0.458 e. The smallest absolute Gasteiger partial charge is 0.324 e. The lowest BCUT2D eigenvalue weighted by Crippen LogP contribution is -2.42. The van der Waals surface area contributed by atoms with Crippen molar-refractivity contribution in [3.63, 3.8) is 0 Å². The quantitative estimate of drug-likeness (QED) is 0.147. The van der Waals surface area contributed by atoms with Crippen molar-refractivity contribution in [2.45, 2.75) is 96.8 Å². The van der Waals surface area contributed by atoms with Gasteiger partial charge in [-0.25, -0.2) is 65.0 Å². The van der Waals surface area contributed by atoms with E-state index in [9.17, 15) is 105 Å². The molecule has 0 amide bonds. The zero-order valence-corrected chi connectivity index (χ0v) is 45.8. The summed E-state index contributed by atoms with van der Waals surface area (Å²) in [5, 5.41) is -14.1. The van der Waals surface area contributed by atoms with Crippen LogP contribution in [0.5, 0.6) is 0 Å².